The molecule has 1 N–H and O–H groups in total. The Bertz CT molecular complexity index is 874. The van der Waals surface area contributed by atoms with E-state index in [0.29, 0.717) is 17.7 Å². The molecule has 2 saturated heterocycles. The number of hydrogen-bond donors (Lipinski definition) is 1. The van der Waals surface area contributed by atoms with Gasteiger partial charge in [0.25, 0.3) is 0 Å². The third kappa shape index (κ3) is 5.27. The Labute approximate surface area is 183 Å². The van der Waals surface area contributed by atoms with Gasteiger partial charge in [-0.2, -0.15) is 0 Å². The minimum Gasteiger partial charge on any atom is -0.305 e. The SMILES string of the molecule is Cc1ccc(-c2csc(NC(=O)CN3CCN(C4CCCN(C)C4)CC3)n2)cc1C. The van der Waals surface area contributed by atoms with Crippen LogP contribution in [0.25, 0.3) is 11.3 Å². The van der Waals surface area contributed by atoms with E-state index in [9.17, 15) is 4.79 Å². The van der Waals surface area contributed by atoms with Crippen molar-refractivity contribution in [3.8, 4) is 11.3 Å². The molecular weight excluding hydrogens is 394 g/mol. The topological polar surface area (TPSA) is 51.7 Å². The van der Waals surface area contributed by atoms with E-state index in [4.69, 9.17) is 0 Å². The minimum atomic E-state index is 0.0295. The van der Waals surface area contributed by atoms with E-state index in [2.05, 4.69) is 64.1 Å². The maximum absolute atomic E-state index is 12.5. The Morgan fingerprint density at radius 2 is 1.97 bits per heavy atom. The van der Waals surface area contributed by atoms with Gasteiger partial charge in [0.15, 0.2) is 5.13 Å². The zero-order valence-corrected chi connectivity index (χ0v) is 19.2. The average molecular weight is 428 g/mol. The van der Waals surface area contributed by atoms with Crippen molar-refractivity contribution >= 4 is 22.4 Å². The predicted octanol–water partition coefficient (Wildman–Crippen LogP) is 3.08. The zero-order valence-electron chi connectivity index (χ0n) is 18.4. The van der Waals surface area contributed by atoms with E-state index in [-0.39, 0.29) is 5.91 Å². The van der Waals surface area contributed by atoms with Gasteiger partial charge in [-0.05, 0) is 57.5 Å². The summed E-state index contributed by atoms with van der Waals surface area (Å²) in [6, 6.07) is 7.04. The van der Waals surface area contributed by atoms with E-state index < -0.39 is 0 Å². The molecule has 3 heterocycles. The first-order chi connectivity index (χ1) is 14.5. The molecular formula is C23H33N5OS. The molecule has 30 heavy (non-hydrogen) atoms. The van der Waals surface area contributed by atoms with Gasteiger partial charge in [0, 0.05) is 49.7 Å². The van der Waals surface area contributed by atoms with E-state index in [1.54, 1.807) is 0 Å². The molecule has 2 aromatic rings. The lowest BCUT2D eigenvalue weighted by atomic mass is 10.0. The number of thiazole rings is 1. The van der Waals surface area contributed by atoms with E-state index in [1.165, 1.54) is 48.4 Å². The van der Waals surface area contributed by atoms with Crippen LogP contribution in [-0.4, -0.2) is 84.5 Å². The molecule has 1 aromatic heterocycles. The summed E-state index contributed by atoms with van der Waals surface area (Å²) in [6.45, 7) is 11.1. The second-order valence-corrected chi connectivity index (χ2v) is 9.61. The molecule has 2 aliphatic heterocycles. The van der Waals surface area contributed by atoms with Crippen molar-refractivity contribution in [1.29, 1.82) is 0 Å². The highest BCUT2D eigenvalue weighted by Crippen LogP contribution is 2.26. The number of aromatic nitrogens is 1. The fourth-order valence-electron chi connectivity index (χ4n) is 4.45. The lowest BCUT2D eigenvalue weighted by Crippen LogP contribution is -2.55. The molecule has 4 rings (SSSR count). The number of carbonyl (C=O) groups is 1. The van der Waals surface area contributed by atoms with Crippen molar-refractivity contribution in [3.05, 3.63) is 34.7 Å². The molecule has 2 aliphatic rings. The lowest BCUT2D eigenvalue weighted by molar-refractivity contribution is -0.117. The fourth-order valence-corrected chi connectivity index (χ4v) is 5.19. The van der Waals surface area contributed by atoms with Crippen LogP contribution < -0.4 is 5.32 Å². The van der Waals surface area contributed by atoms with Crippen LogP contribution in [-0.2, 0) is 4.79 Å². The Morgan fingerprint density at radius 1 is 1.17 bits per heavy atom. The smallest absolute Gasteiger partial charge is 0.240 e. The molecule has 0 saturated carbocycles. The summed E-state index contributed by atoms with van der Waals surface area (Å²) in [4.78, 5) is 24.5. The van der Waals surface area contributed by atoms with Gasteiger partial charge in [-0.3, -0.25) is 14.6 Å². The summed E-state index contributed by atoms with van der Waals surface area (Å²) in [6.07, 6.45) is 2.60. The number of hydrogen-bond acceptors (Lipinski definition) is 6. The van der Waals surface area contributed by atoms with E-state index in [1.807, 2.05) is 5.38 Å². The normalized spacial score (nSPS) is 21.6. The largest absolute Gasteiger partial charge is 0.305 e. The number of nitrogens with one attached hydrogen (secondary N) is 1. The maximum Gasteiger partial charge on any atom is 0.240 e. The van der Waals surface area contributed by atoms with Crippen LogP contribution in [0.2, 0.25) is 0 Å². The third-order valence-electron chi connectivity index (χ3n) is 6.44. The Hall–Kier alpha value is -1.80. The number of carbonyl (C=O) groups excluding carboxylic acids is 1. The van der Waals surface area contributed by atoms with Gasteiger partial charge >= 0.3 is 0 Å². The molecule has 1 amide bonds. The second kappa shape index (κ2) is 9.56. The van der Waals surface area contributed by atoms with Gasteiger partial charge in [-0.25, -0.2) is 4.98 Å². The van der Waals surface area contributed by atoms with Crippen LogP contribution in [0.5, 0.6) is 0 Å². The van der Waals surface area contributed by atoms with E-state index >= 15 is 0 Å². The first-order valence-electron chi connectivity index (χ1n) is 11.0. The van der Waals surface area contributed by atoms with Crippen LogP contribution in [0, 0.1) is 13.8 Å². The second-order valence-electron chi connectivity index (χ2n) is 8.76. The molecule has 1 atom stereocenters. The van der Waals surface area contributed by atoms with Crippen molar-refractivity contribution in [1.82, 2.24) is 19.7 Å². The maximum atomic E-state index is 12.5. The molecule has 1 unspecified atom stereocenters. The molecule has 0 radical (unpaired) electrons. The minimum absolute atomic E-state index is 0.0295. The van der Waals surface area contributed by atoms with Crippen molar-refractivity contribution in [2.45, 2.75) is 32.7 Å². The van der Waals surface area contributed by atoms with Crippen molar-refractivity contribution < 1.29 is 4.79 Å². The standard InChI is InChI=1S/C23H33N5OS/c1-17-6-7-19(13-18(17)2)21-16-30-23(24-21)25-22(29)15-27-9-11-28(12-10-27)20-5-4-8-26(3)14-20/h6-7,13,16,20H,4-5,8-12,14-15H2,1-3H3,(H,24,25,29). The summed E-state index contributed by atoms with van der Waals surface area (Å²) in [5, 5.41) is 5.68. The molecule has 7 heteroatoms. The summed E-state index contributed by atoms with van der Waals surface area (Å²) < 4.78 is 0. The quantitative estimate of drug-likeness (QED) is 0.795. The molecule has 0 bridgehead atoms. The molecule has 162 valence electrons. The van der Waals surface area contributed by atoms with Gasteiger partial charge in [0.2, 0.25) is 5.91 Å². The molecule has 6 nitrogen and oxygen atoms in total. The van der Waals surface area contributed by atoms with Gasteiger partial charge in [0.1, 0.15) is 0 Å². The molecule has 0 aliphatic carbocycles. The van der Waals surface area contributed by atoms with Crippen molar-refractivity contribution in [2.75, 3.05) is 58.2 Å². The highest BCUT2D eigenvalue weighted by Gasteiger charge is 2.27. The number of nitrogens with zero attached hydrogens (tertiary/aromatic N) is 4. The van der Waals surface area contributed by atoms with E-state index in [0.717, 1.165) is 37.4 Å². The van der Waals surface area contributed by atoms with Crippen LogP contribution in [0.15, 0.2) is 23.6 Å². The number of likely N-dealkylation sites (tertiary alicyclic amines) is 1. The van der Waals surface area contributed by atoms with Crippen molar-refractivity contribution in [3.63, 3.8) is 0 Å². The van der Waals surface area contributed by atoms with Crippen LogP contribution in [0.3, 0.4) is 0 Å². The number of anilines is 1. The fraction of sp³-hybridized carbons (Fsp3) is 0.565. The highest BCUT2D eigenvalue weighted by atomic mass is 32.1. The number of piperazine rings is 1. The Balaban J connectivity index is 1.25. The summed E-state index contributed by atoms with van der Waals surface area (Å²) in [7, 11) is 2.22. The highest BCUT2D eigenvalue weighted by molar-refractivity contribution is 7.14. The molecule has 0 spiro atoms. The number of aryl methyl sites for hydroxylation is 2. The summed E-state index contributed by atoms with van der Waals surface area (Å²) in [5.74, 6) is 0.0295. The summed E-state index contributed by atoms with van der Waals surface area (Å²) >= 11 is 1.49. The number of benzene rings is 1. The third-order valence-corrected chi connectivity index (χ3v) is 7.20. The Kier molecular flexibility index (Phi) is 6.83. The van der Waals surface area contributed by atoms with Gasteiger partial charge in [0.05, 0.1) is 12.2 Å². The average Bonchev–Trinajstić information content (AvgIpc) is 3.19. The molecule has 1 aromatic carbocycles. The first kappa shape index (κ1) is 21.4. The monoisotopic (exact) mass is 427 g/mol. The van der Waals surface area contributed by atoms with Crippen molar-refractivity contribution in [2.24, 2.45) is 0 Å². The summed E-state index contributed by atoms with van der Waals surface area (Å²) in [5.41, 5.74) is 4.55. The Morgan fingerprint density at radius 3 is 2.70 bits per heavy atom. The van der Waals surface area contributed by atoms with Gasteiger partial charge in [-0.15, -0.1) is 11.3 Å². The number of piperidine rings is 1. The zero-order chi connectivity index (χ0) is 21.1. The number of rotatable bonds is 5. The number of likely N-dealkylation sites (N-methyl/N-ethyl adjacent to an activating group) is 1. The van der Waals surface area contributed by atoms with Crippen LogP contribution >= 0.6 is 11.3 Å². The van der Waals surface area contributed by atoms with Gasteiger partial charge in [-0.1, -0.05) is 12.1 Å². The van der Waals surface area contributed by atoms with Crippen LogP contribution in [0.4, 0.5) is 5.13 Å². The predicted molar refractivity (Wildman–Crippen MR) is 124 cm³/mol. The number of amides is 1. The van der Waals surface area contributed by atoms with Gasteiger partial charge < -0.3 is 10.2 Å². The first-order valence-corrected chi connectivity index (χ1v) is 11.8. The lowest BCUT2D eigenvalue weighted by Gasteiger charge is -2.42. The molecule has 2 fully saturated rings. The van der Waals surface area contributed by atoms with Crippen LogP contribution in [0.1, 0.15) is 24.0 Å².